The zero-order chi connectivity index (χ0) is 24.5. The molecule has 0 radical (unpaired) electrons. The summed E-state index contributed by atoms with van der Waals surface area (Å²) in [4.78, 5) is 40.1. The second-order valence-electron chi connectivity index (χ2n) is 7.47. The van der Waals surface area contributed by atoms with Crippen LogP contribution < -0.4 is 21.4 Å². The minimum atomic E-state index is -1.29. The van der Waals surface area contributed by atoms with Crippen LogP contribution in [0.4, 0.5) is 11.4 Å². The number of rotatable bonds is 9. The van der Waals surface area contributed by atoms with Crippen LogP contribution in [0.15, 0.2) is 73.1 Å². The Morgan fingerprint density at radius 1 is 0.941 bits per heavy atom. The number of anilines is 2. The maximum atomic E-state index is 12.4. The molecule has 2 atom stereocenters. The minimum absolute atomic E-state index is 0.104. The molecule has 6 N–H and O–H groups in total. The second-order valence-corrected chi connectivity index (χ2v) is 7.47. The van der Waals surface area contributed by atoms with E-state index in [0.717, 1.165) is 16.8 Å². The number of aliphatic hydroxyl groups excluding tert-OH is 1. The molecule has 3 amide bonds. The topological polar surface area (TPSA) is 153 Å². The monoisotopic (exact) mass is 463 g/mol. The van der Waals surface area contributed by atoms with Gasteiger partial charge in [-0.05, 0) is 54.4 Å². The molecule has 0 spiro atoms. The maximum absolute atomic E-state index is 12.4. The Kier molecular flexibility index (Phi) is 8.27. The zero-order valence-corrected chi connectivity index (χ0v) is 18.4. The van der Waals surface area contributed by atoms with Gasteiger partial charge in [0.2, 0.25) is 5.91 Å². The molecular formula is C24H25N5O5. The van der Waals surface area contributed by atoms with Gasteiger partial charge in [-0.3, -0.25) is 24.6 Å². The van der Waals surface area contributed by atoms with E-state index >= 15 is 0 Å². The standard InChI is InChI=1S/C24H25N5O5/c1-15(30)22(24(33)29-34)28-23(32)18-6-4-16(5-7-18)17-8-10-19(11-9-17)27-21(31)14-26-20-3-2-12-25-13-20/h2-13,15,22,26,30,34H,14H2,1H3,(H,27,31)(H,28,32)(H,29,33)/t15-,22+/m1/s1. The first-order valence-electron chi connectivity index (χ1n) is 10.4. The van der Waals surface area contributed by atoms with E-state index in [1.165, 1.54) is 12.4 Å². The summed E-state index contributed by atoms with van der Waals surface area (Å²) in [6.45, 7) is 1.43. The summed E-state index contributed by atoms with van der Waals surface area (Å²) in [5.41, 5.74) is 4.81. The van der Waals surface area contributed by atoms with E-state index in [4.69, 9.17) is 5.21 Å². The summed E-state index contributed by atoms with van der Waals surface area (Å²) in [6, 6.07) is 16.2. The SMILES string of the molecule is C[C@@H](O)[C@H](NC(=O)c1ccc(-c2ccc(NC(=O)CNc3cccnc3)cc2)cc1)C(=O)NO. The number of aromatic nitrogens is 1. The molecule has 1 aromatic heterocycles. The average molecular weight is 463 g/mol. The molecule has 3 rings (SSSR count). The normalized spacial score (nSPS) is 12.2. The Bertz CT molecular complexity index is 1120. The first-order valence-corrected chi connectivity index (χ1v) is 10.4. The van der Waals surface area contributed by atoms with Crippen LogP contribution in [0.1, 0.15) is 17.3 Å². The lowest BCUT2D eigenvalue weighted by atomic mass is 10.0. The summed E-state index contributed by atoms with van der Waals surface area (Å²) in [5, 5.41) is 26.6. The third kappa shape index (κ3) is 6.61. The molecule has 0 fully saturated rings. The van der Waals surface area contributed by atoms with Crippen molar-refractivity contribution < 1.29 is 24.7 Å². The predicted octanol–water partition coefficient (Wildman–Crippen LogP) is 1.78. The summed E-state index contributed by atoms with van der Waals surface area (Å²) in [5.74, 6) is -1.68. The molecule has 3 aromatic rings. The van der Waals surface area contributed by atoms with Crippen LogP contribution in [0.25, 0.3) is 11.1 Å². The molecule has 10 nitrogen and oxygen atoms in total. The van der Waals surface area contributed by atoms with Crippen molar-refractivity contribution in [2.75, 3.05) is 17.2 Å². The fourth-order valence-corrected chi connectivity index (χ4v) is 3.11. The number of carbonyl (C=O) groups excluding carboxylic acids is 3. The van der Waals surface area contributed by atoms with Crippen molar-refractivity contribution in [2.24, 2.45) is 0 Å². The fraction of sp³-hybridized carbons (Fsp3) is 0.167. The first kappa shape index (κ1) is 24.4. The van der Waals surface area contributed by atoms with Crippen LogP contribution in [0.2, 0.25) is 0 Å². The van der Waals surface area contributed by atoms with Crippen LogP contribution in [-0.4, -0.2) is 51.7 Å². The van der Waals surface area contributed by atoms with Crippen molar-refractivity contribution in [1.82, 2.24) is 15.8 Å². The molecule has 0 aliphatic heterocycles. The number of hydrogen-bond donors (Lipinski definition) is 6. The molecule has 1 heterocycles. The molecule has 0 saturated heterocycles. The fourth-order valence-electron chi connectivity index (χ4n) is 3.11. The third-order valence-corrected chi connectivity index (χ3v) is 4.93. The number of carbonyl (C=O) groups is 3. The molecule has 0 unspecified atom stereocenters. The number of aliphatic hydroxyl groups is 1. The smallest absolute Gasteiger partial charge is 0.268 e. The lowest BCUT2D eigenvalue weighted by Crippen LogP contribution is -2.51. The number of amides is 3. The number of nitrogens with one attached hydrogen (secondary N) is 4. The van der Waals surface area contributed by atoms with E-state index in [0.29, 0.717) is 5.69 Å². The first-order chi connectivity index (χ1) is 16.4. The Hall–Kier alpha value is -4.28. The van der Waals surface area contributed by atoms with E-state index < -0.39 is 24.0 Å². The molecule has 10 heteroatoms. The Balaban J connectivity index is 1.57. The van der Waals surface area contributed by atoms with Gasteiger partial charge in [0.15, 0.2) is 0 Å². The summed E-state index contributed by atoms with van der Waals surface area (Å²) < 4.78 is 0. The van der Waals surface area contributed by atoms with E-state index in [2.05, 4.69) is 20.9 Å². The van der Waals surface area contributed by atoms with Gasteiger partial charge in [0, 0.05) is 23.6 Å². The summed E-state index contributed by atoms with van der Waals surface area (Å²) in [6.07, 6.45) is 2.09. The van der Waals surface area contributed by atoms with Gasteiger partial charge in [-0.25, -0.2) is 5.48 Å². The number of nitrogens with zero attached hydrogens (tertiary/aromatic N) is 1. The molecule has 176 valence electrons. The van der Waals surface area contributed by atoms with Crippen molar-refractivity contribution in [1.29, 1.82) is 0 Å². The van der Waals surface area contributed by atoms with Crippen LogP contribution >= 0.6 is 0 Å². The highest BCUT2D eigenvalue weighted by molar-refractivity contribution is 5.98. The predicted molar refractivity (Wildman–Crippen MR) is 126 cm³/mol. The third-order valence-electron chi connectivity index (χ3n) is 4.93. The Morgan fingerprint density at radius 3 is 2.15 bits per heavy atom. The van der Waals surface area contributed by atoms with Gasteiger partial charge in [-0.15, -0.1) is 0 Å². The van der Waals surface area contributed by atoms with E-state index in [1.807, 2.05) is 18.2 Å². The van der Waals surface area contributed by atoms with Crippen molar-refractivity contribution in [3.05, 3.63) is 78.6 Å². The number of benzene rings is 2. The average Bonchev–Trinajstić information content (AvgIpc) is 2.86. The molecular weight excluding hydrogens is 438 g/mol. The lowest BCUT2D eigenvalue weighted by molar-refractivity contribution is -0.133. The number of hydroxylamine groups is 1. The van der Waals surface area contributed by atoms with Gasteiger partial charge in [-0.1, -0.05) is 24.3 Å². The van der Waals surface area contributed by atoms with Crippen molar-refractivity contribution in [3.63, 3.8) is 0 Å². The van der Waals surface area contributed by atoms with Crippen LogP contribution in [-0.2, 0) is 9.59 Å². The number of pyridine rings is 1. The molecule has 0 aliphatic carbocycles. The van der Waals surface area contributed by atoms with Gasteiger partial charge in [-0.2, -0.15) is 0 Å². The summed E-state index contributed by atoms with van der Waals surface area (Å²) in [7, 11) is 0. The van der Waals surface area contributed by atoms with Gasteiger partial charge in [0.25, 0.3) is 11.8 Å². The lowest BCUT2D eigenvalue weighted by Gasteiger charge is -2.19. The van der Waals surface area contributed by atoms with E-state index in [1.54, 1.807) is 54.9 Å². The number of hydrogen-bond acceptors (Lipinski definition) is 7. The van der Waals surface area contributed by atoms with Crippen LogP contribution in [0, 0.1) is 0 Å². The van der Waals surface area contributed by atoms with Gasteiger partial charge < -0.3 is 21.1 Å². The maximum Gasteiger partial charge on any atom is 0.268 e. The highest BCUT2D eigenvalue weighted by atomic mass is 16.5. The highest BCUT2D eigenvalue weighted by Crippen LogP contribution is 2.22. The van der Waals surface area contributed by atoms with Crippen molar-refractivity contribution in [3.8, 4) is 11.1 Å². The molecule has 0 aliphatic rings. The summed E-state index contributed by atoms with van der Waals surface area (Å²) >= 11 is 0. The Morgan fingerprint density at radius 2 is 1.59 bits per heavy atom. The molecule has 0 saturated carbocycles. The van der Waals surface area contributed by atoms with E-state index in [-0.39, 0.29) is 18.0 Å². The molecule has 0 bridgehead atoms. The van der Waals surface area contributed by atoms with Crippen molar-refractivity contribution in [2.45, 2.75) is 19.1 Å². The highest BCUT2D eigenvalue weighted by Gasteiger charge is 2.25. The van der Waals surface area contributed by atoms with Crippen LogP contribution in [0.3, 0.4) is 0 Å². The molecule has 34 heavy (non-hydrogen) atoms. The van der Waals surface area contributed by atoms with Crippen LogP contribution in [0.5, 0.6) is 0 Å². The largest absolute Gasteiger partial charge is 0.391 e. The Labute approximate surface area is 196 Å². The zero-order valence-electron chi connectivity index (χ0n) is 18.4. The van der Waals surface area contributed by atoms with E-state index in [9.17, 15) is 19.5 Å². The van der Waals surface area contributed by atoms with Gasteiger partial charge in [0.05, 0.1) is 18.3 Å². The van der Waals surface area contributed by atoms with Gasteiger partial charge in [0.1, 0.15) is 6.04 Å². The second kappa shape index (κ2) is 11.5. The van der Waals surface area contributed by atoms with Gasteiger partial charge >= 0.3 is 0 Å². The van der Waals surface area contributed by atoms with Crippen molar-refractivity contribution >= 4 is 29.1 Å². The minimum Gasteiger partial charge on any atom is -0.391 e. The molecule has 2 aromatic carbocycles. The quantitative estimate of drug-likeness (QED) is 0.209.